The Labute approximate surface area is 101 Å². The molecule has 0 radical (unpaired) electrons. The third kappa shape index (κ3) is 1.27. The molecule has 3 aliphatic carbocycles. The number of rotatable bonds is 2. The van der Waals surface area contributed by atoms with Gasteiger partial charge in [-0.2, -0.15) is 0 Å². The molecule has 3 aliphatic rings. The van der Waals surface area contributed by atoms with E-state index in [2.05, 4.69) is 14.8 Å². The first-order valence-corrected chi connectivity index (χ1v) is 16.1. The van der Waals surface area contributed by atoms with Gasteiger partial charge in [-0.3, -0.25) is 0 Å². The topological polar surface area (TPSA) is 0 Å². The summed E-state index contributed by atoms with van der Waals surface area (Å²) in [7, 11) is 0. The molecule has 0 heterocycles. The molecule has 2 heteroatoms. The average Bonchev–Trinajstić information content (AvgIpc) is 2.00. The van der Waals surface area contributed by atoms with Crippen LogP contribution in [-0.2, 0) is 5.41 Å². The van der Waals surface area contributed by atoms with E-state index >= 15 is 0 Å². The minimum atomic E-state index is -1.73. The van der Waals surface area contributed by atoms with E-state index in [9.17, 15) is 4.39 Å². The maximum atomic E-state index is 12.9. The molecule has 0 atom stereocenters. The van der Waals surface area contributed by atoms with E-state index in [4.69, 9.17) is 0 Å². The van der Waals surface area contributed by atoms with Gasteiger partial charge in [0, 0.05) is 0 Å². The van der Waals surface area contributed by atoms with Crippen LogP contribution >= 0.6 is 0 Å². The maximum absolute atomic E-state index is 12.9. The van der Waals surface area contributed by atoms with Crippen LogP contribution < -0.4 is 0 Å². The van der Waals surface area contributed by atoms with Gasteiger partial charge in [-0.25, -0.2) is 0 Å². The Bertz CT molecular complexity index is 407. The van der Waals surface area contributed by atoms with E-state index in [0.29, 0.717) is 5.41 Å². The van der Waals surface area contributed by atoms with Crippen molar-refractivity contribution in [2.45, 2.75) is 42.9 Å². The Morgan fingerprint density at radius 2 is 1.50 bits per heavy atom. The summed E-state index contributed by atoms with van der Waals surface area (Å²) in [5, 5.41) is 0. The van der Waals surface area contributed by atoms with Crippen molar-refractivity contribution in [3.8, 4) is 0 Å². The normalized spacial score (nSPS) is 36.5. The molecule has 0 saturated heterocycles. The molecule has 0 aliphatic heterocycles. The van der Waals surface area contributed by atoms with Crippen molar-refractivity contribution >= 4 is 18.4 Å². The molecule has 16 heavy (non-hydrogen) atoms. The molecule has 0 amide bonds. The molecule has 0 N–H and O–H groups in total. The molecule has 3 fully saturated rings. The molecular weight excluding hydrogens is 306 g/mol. The van der Waals surface area contributed by atoms with Crippen LogP contribution in [0.15, 0.2) is 24.3 Å². The molecule has 1 aromatic carbocycles. The first kappa shape index (κ1) is 11.1. The summed E-state index contributed by atoms with van der Waals surface area (Å²) in [6.45, 7) is 0. The van der Waals surface area contributed by atoms with E-state index in [1.165, 1.54) is 24.8 Å². The zero-order chi connectivity index (χ0) is 11.6. The zero-order valence-corrected chi connectivity index (χ0v) is 13.2. The van der Waals surface area contributed by atoms with Gasteiger partial charge in [-0.05, 0) is 0 Å². The molecule has 1 aromatic rings. The van der Waals surface area contributed by atoms with Gasteiger partial charge >= 0.3 is 101 Å². The van der Waals surface area contributed by atoms with Crippen LogP contribution in [0.3, 0.4) is 0 Å². The molecule has 0 spiro atoms. The van der Waals surface area contributed by atoms with Crippen molar-refractivity contribution in [1.29, 1.82) is 0 Å². The van der Waals surface area contributed by atoms with Gasteiger partial charge in [0.15, 0.2) is 0 Å². The van der Waals surface area contributed by atoms with Crippen LogP contribution in [0.1, 0.15) is 24.8 Å². The van der Waals surface area contributed by atoms with E-state index in [-0.39, 0.29) is 5.82 Å². The second-order valence-corrected chi connectivity index (χ2v) is 22.7. The first-order chi connectivity index (χ1) is 7.37. The van der Waals surface area contributed by atoms with Crippen LogP contribution in [0.4, 0.5) is 4.39 Å². The standard InChI is InChI=1S/C11H10F.3CH3.Sn/c12-10-3-1-9(2-4-10)11-5-8(6-11)7-11;;;;/h1-4H,5-7H2;3*1H3;. The predicted molar refractivity (Wildman–Crippen MR) is 68.0 cm³/mol. The van der Waals surface area contributed by atoms with Crippen molar-refractivity contribution in [2.75, 3.05) is 0 Å². The van der Waals surface area contributed by atoms with Gasteiger partial charge < -0.3 is 0 Å². The summed E-state index contributed by atoms with van der Waals surface area (Å²) >= 11 is -1.73. The second-order valence-electron chi connectivity index (χ2n) is 6.85. The number of halogens is 1. The summed E-state index contributed by atoms with van der Waals surface area (Å²) in [4.78, 5) is 7.67. The second kappa shape index (κ2) is 3.04. The quantitative estimate of drug-likeness (QED) is 0.710. The molecule has 86 valence electrons. The van der Waals surface area contributed by atoms with Gasteiger partial charge in [0.1, 0.15) is 0 Å². The summed E-state index contributed by atoms with van der Waals surface area (Å²) < 4.78 is 13.7. The molecule has 0 aromatic heterocycles. The molecular formula is C14H19FSn. The summed E-state index contributed by atoms with van der Waals surface area (Å²) in [6, 6.07) is 7.22. The number of hydrogen-bond donors (Lipinski definition) is 0. The summed E-state index contributed by atoms with van der Waals surface area (Å²) in [6.07, 6.45) is 4.18. The monoisotopic (exact) mass is 326 g/mol. The van der Waals surface area contributed by atoms with E-state index in [1.807, 2.05) is 12.1 Å². The Morgan fingerprint density at radius 3 is 1.94 bits per heavy atom. The number of benzene rings is 1. The molecule has 4 rings (SSSR count). The SMILES string of the molecule is [CH3][Sn]([CH3])([CH3])[C]12CC(c3ccc(F)cc3)(C1)C2. The Morgan fingerprint density at radius 1 is 1.00 bits per heavy atom. The summed E-state index contributed by atoms with van der Waals surface area (Å²) in [5.41, 5.74) is 1.84. The van der Waals surface area contributed by atoms with Crippen molar-refractivity contribution in [3.05, 3.63) is 35.6 Å². The molecule has 0 unspecified atom stereocenters. The van der Waals surface area contributed by atoms with E-state index < -0.39 is 18.4 Å². The third-order valence-corrected chi connectivity index (χ3v) is 15.7. The van der Waals surface area contributed by atoms with Crippen molar-refractivity contribution in [3.63, 3.8) is 0 Å². The van der Waals surface area contributed by atoms with Crippen LogP contribution in [0.2, 0.25) is 18.2 Å². The van der Waals surface area contributed by atoms with Crippen molar-refractivity contribution in [2.24, 2.45) is 0 Å². The van der Waals surface area contributed by atoms with Crippen LogP contribution in [0, 0.1) is 5.82 Å². The third-order valence-electron chi connectivity index (χ3n) is 5.08. The fourth-order valence-electron chi connectivity index (χ4n) is 3.69. The Kier molecular flexibility index (Phi) is 2.10. The number of hydrogen-bond acceptors (Lipinski definition) is 0. The van der Waals surface area contributed by atoms with E-state index in [1.54, 1.807) is 12.1 Å². The zero-order valence-electron chi connectivity index (χ0n) is 10.3. The van der Waals surface area contributed by atoms with Crippen molar-refractivity contribution < 1.29 is 4.39 Å². The fraction of sp³-hybridized carbons (Fsp3) is 0.571. The Balaban J connectivity index is 1.81. The van der Waals surface area contributed by atoms with Gasteiger partial charge in [0.25, 0.3) is 0 Å². The van der Waals surface area contributed by atoms with Crippen LogP contribution in [0.25, 0.3) is 0 Å². The summed E-state index contributed by atoms with van der Waals surface area (Å²) in [5.74, 6) is -0.111. The van der Waals surface area contributed by atoms with Crippen LogP contribution in [-0.4, -0.2) is 18.4 Å². The molecule has 0 nitrogen and oxygen atoms in total. The van der Waals surface area contributed by atoms with Gasteiger partial charge in [0.2, 0.25) is 0 Å². The van der Waals surface area contributed by atoms with Gasteiger partial charge in [0.05, 0.1) is 0 Å². The van der Waals surface area contributed by atoms with Crippen molar-refractivity contribution in [1.82, 2.24) is 0 Å². The molecule has 2 bridgehead atoms. The first-order valence-electron chi connectivity index (χ1n) is 6.13. The van der Waals surface area contributed by atoms with Gasteiger partial charge in [-0.1, -0.05) is 0 Å². The minimum absolute atomic E-state index is 0.111. The van der Waals surface area contributed by atoms with Gasteiger partial charge in [-0.15, -0.1) is 0 Å². The van der Waals surface area contributed by atoms with Crippen LogP contribution in [0.5, 0.6) is 0 Å². The Hall–Kier alpha value is -0.0513. The fourth-order valence-corrected chi connectivity index (χ4v) is 11.1. The average molecular weight is 325 g/mol. The molecule has 3 saturated carbocycles. The predicted octanol–water partition coefficient (Wildman–Crippen LogP) is 4.34. The van der Waals surface area contributed by atoms with E-state index in [0.717, 1.165) is 3.43 Å².